The van der Waals surface area contributed by atoms with Crippen LogP contribution in [0, 0.1) is 0 Å². The SMILES string of the molecule is OCc1cc(Br)cc(Br)c1OCc1ccc(Cl)cc1Cl. The van der Waals surface area contributed by atoms with Gasteiger partial charge in [0.15, 0.2) is 0 Å². The van der Waals surface area contributed by atoms with Gasteiger partial charge in [0.2, 0.25) is 0 Å². The van der Waals surface area contributed by atoms with Crippen molar-refractivity contribution in [2.45, 2.75) is 13.2 Å². The van der Waals surface area contributed by atoms with Crippen molar-refractivity contribution in [2.24, 2.45) is 0 Å². The molecule has 0 saturated carbocycles. The van der Waals surface area contributed by atoms with Crippen LogP contribution in [-0.2, 0) is 13.2 Å². The molecule has 0 atom stereocenters. The van der Waals surface area contributed by atoms with Crippen LogP contribution < -0.4 is 4.74 Å². The summed E-state index contributed by atoms with van der Waals surface area (Å²) in [4.78, 5) is 0. The van der Waals surface area contributed by atoms with Crippen molar-refractivity contribution < 1.29 is 9.84 Å². The van der Waals surface area contributed by atoms with E-state index in [9.17, 15) is 5.11 Å². The van der Waals surface area contributed by atoms with Gasteiger partial charge in [0.25, 0.3) is 0 Å². The Morgan fingerprint density at radius 3 is 2.45 bits per heavy atom. The maximum atomic E-state index is 9.39. The molecule has 2 aromatic rings. The molecule has 2 aromatic carbocycles. The predicted molar refractivity (Wildman–Crippen MR) is 88.6 cm³/mol. The minimum atomic E-state index is -0.109. The first-order valence-electron chi connectivity index (χ1n) is 5.66. The van der Waals surface area contributed by atoms with Crippen LogP contribution in [0.1, 0.15) is 11.1 Å². The summed E-state index contributed by atoms with van der Waals surface area (Å²) in [5.41, 5.74) is 1.52. The van der Waals surface area contributed by atoms with E-state index >= 15 is 0 Å². The van der Waals surface area contributed by atoms with E-state index in [0.717, 1.165) is 14.5 Å². The normalized spacial score (nSPS) is 10.7. The van der Waals surface area contributed by atoms with E-state index in [4.69, 9.17) is 27.9 Å². The maximum Gasteiger partial charge on any atom is 0.139 e. The predicted octanol–water partition coefficient (Wildman–Crippen LogP) is 5.59. The fraction of sp³-hybridized carbons (Fsp3) is 0.143. The standard InChI is InChI=1S/C14H10Br2Cl2O2/c15-10-3-9(6-19)14(12(16)4-10)20-7-8-1-2-11(17)5-13(8)18/h1-5,19H,6-7H2. The molecule has 0 aromatic heterocycles. The van der Waals surface area contributed by atoms with Gasteiger partial charge in [0, 0.05) is 25.6 Å². The molecule has 0 aliphatic carbocycles. The summed E-state index contributed by atoms with van der Waals surface area (Å²) < 4.78 is 7.40. The van der Waals surface area contributed by atoms with Crippen molar-refractivity contribution in [1.29, 1.82) is 0 Å². The molecule has 1 N–H and O–H groups in total. The molecular formula is C14H10Br2Cl2O2. The lowest BCUT2D eigenvalue weighted by atomic mass is 10.2. The third kappa shape index (κ3) is 3.89. The molecule has 0 bridgehead atoms. The number of hydrogen-bond donors (Lipinski definition) is 1. The summed E-state index contributed by atoms with van der Waals surface area (Å²) in [6.45, 7) is 0.185. The Hall–Kier alpha value is -0.260. The van der Waals surface area contributed by atoms with Crippen molar-refractivity contribution in [1.82, 2.24) is 0 Å². The van der Waals surface area contributed by atoms with Gasteiger partial charge in [-0.1, -0.05) is 45.2 Å². The lowest BCUT2D eigenvalue weighted by Crippen LogP contribution is -2.00. The average molecular weight is 441 g/mol. The second kappa shape index (κ2) is 7.14. The summed E-state index contributed by atoms with van der Waals surface area (Å²) in [6.07, 6.45) is 0. The Morgan fingerprint density at radius 2 is 1.80 bits per heavy atom. The number of aliphatic hydroxyl groups excluding tert-OH is 1. The molecule has 0 aliphatic heterocycles. The highest BCUT2D eigenvalue weighted by atomic mass is 79.9. The summed E-state index contributed by atoms with van der Waals surface area (Å²) in [6, 6.07) is 8.92. The topological polar surface area (TPSA) is 29.5 Å². The van der Waals surface area contributed by atoms with Crippen LogP contribution in [0.4, 0.5) is 0 Å². The maximum absolute atomic E-state index is 9.39. The zero-order chi connectivity index (χ0) is 14.7. The molecule has 106 valence electrons. The molecule has 0 amide bonds. The third-order valence-electron chi connectivity index (χ3n) is 2.64. The van der Waals surface area contributed by atoms with E-state index in [1.54, 1.807) is 12.1 Å². The highest BCUT2D eigenvalue weighted by Crippen LogP contribution is 2.34. The van der Waals surface area contributed by atoms with Crippen LogP contribution in [-0.4, -0.2) is 5.11 Å². The summed E-state index contributed by atoms with van der Waals surface area (Å²) in [5.74, 6) is 0.599. The van der Waals surface area contributed by atoms with Crippen molar-refractivity contribution in [2.75, 3.05) is 0 Å². The molecule has 0 heterocycles. The van der Waals surface area contributed by atoms with Crippen molar-refractivity contribution >= 4 is 55.1 Å². The van der Waals surface area contributed by atoms with Gasteiger partial charge in [-0.25, -0.2) is 0 Å². The van der Waals surface area contributed by atoms with Gasteiger partial charge in [-0.3, -0.25) is 0 Å². The molecule has 0 fully saturated rings. The monoisotopic (exact) mass is 438 g/mol. The molecule has 0 unspecified atom stereocenters. The molecule has 6 heteroatoms. The Labute approximate surface area is 143 Å². The molecule has 0 spiro atoms. The van der Waals surface area contributed by atoms with Crippen LogP contribution in [0.25, 0.3) is 0 Å². The number of halogens is 4. The Morgan fingerprint density at radius 1 is 1.05 bits per heavy atom. The zero-order valence-electron chi connectivity index (χ0n) is 10.2. The van der Waals surface area contributed by atoms with Gasteiger partial charge >= 0.3 is 0 Å². The second-order valence-corrected chi connectivity index (χ2v) is 6.67. The minimum Gasteiger partial charge on any atom is -0.487 e. The first-order valence-corrected chi connectivity index (χ1v) is 8.01. The zero-order valence-corrected chi connectivity index (χ0v) is 14.9. The molecule has 20 heavy (non-hydrogen) atoms. The first-order chi connectivity index (χ1) is 9.51. The highest BCUT2D eigenvalue weighted by Gasteiger charge is 2.11. The van der Waals surface area contributed by atoms with Gasteiger partial charge in [0.1, 0.15) is 12.4 Å². The van der Waals surface area contributed by atoms with Gasteiger partial charge in [0.05, 0.1) is 11.1 Å². The van der Waals surface area contributed by atoms with Crippen LogP contribution in [0.5, 0.6) is 5.75 Å². The molecule has 0 radical (unpaired) electrons. The van der Waals surface area contributed by atoms with E-state index in [0.29, 0.717) is 28.0 Å². The number of ether oxygens (including phenoxy) is 1. The van der Waals surface area contributed by atoms with Crippen LogP contribution in [0.15, 0.2) is 39.3 Å². The number of benzene rings is 2. The number of aliphatic hydroxyl groups is 1. The van der Waals surface area contributed by atoms with Crippen LogP contribution in [0.3, 0.4) is 0 Å². The Bertz CT molecular complexity index is 633. The van der Waals surface area contributed by atoms with E-state index < -0.39 is 0 Å². The van der Waals surface area contributed by atoms with E-state index in [1.165, 1.54) is 0 Å². The average Bonchev–Trinajstić information content (AvgIpc) is 2.38. The van der Waals surface area contributed by atoms with Crippen molar-refractivity contribution in [3.8, 4) is 5.75 Å². The van der Waals surface area contributed by atoms with Gasteiger partial charge < -0.3 is 9.84 Å². The molecule has 0 aliphatic rings. The van der Waals surface area contributed by atoms with Crippen LogP contribution in [0.2, 0.25) is 10.0 Å². The van der Waals surface area contributed by atoms with Crippen LogP contribution >= 0.6 is 55.1 Å². The minimum absolute atomic E-state index is 0.109. The second-order valence-electron chi connectivity index (χ2n) is 4.06. The molecule has 2 nitrogen and oxygen atoms in total. The molecule has 0 saturated heterocycles. The van der Waals surface area contributed by atoms with E-state index in [1.807, 2.05) is 18.2 Å². The lowest BCUT2D eigenvalue weighted by molar-refractivity contribution is 0.258. The Balaban J connectivity index is 2.22. The van der Waals surface area contributed by atoms with Gasteiger partial charge in [-0.05, 0) is 40.2 Å². The van der Waals surface area contributed by atoms with Gasteiger partial charge in [-0.15, -0.1) is 0 Å². The summed E-state index contributed by atoms with van der Waals surface area (Å²) >= 11 is 18.7. The third-order valence-corrected chi connectivity index (χ3v) is 4.28. The lowest BCUT2D eigenvalue weighted by Gasteiger charge is -2.13. The quantitative estimate of drug-likeness (QED) is 0.671. The van der Waals surface area contributed by atoms with Crippen molar-refractivity contribution in [3.05, 3.63) is 60.4 Å². The first kappa shape index (κ1) is 16.1. The van der Waals surface area contributed by atoms with E-state index in [-0.39, 0.29) is 6.61 Å². The smallest absolute Gasteiger partial charge is 0.139 e. The summed E-state index contributed by atoms with van der Waals surface area (Å²) in [5, 5.41) is 10.5. The molecule has 2 rings (SSSR count). The fourth-order valence-electron chi connectivity index (χ4n) is 1.68. The summed E-state index contributed by atoms with van der Waals surface area (Å²) in [7, 11) is 0. The van der Waals surface area contributed by atoms with Gasteiger partial charge in [-0.2, -0.15) is 0 Å². The largest absolute Gasteiger partial charge is 0.487 e. The number of rotatable bonds is 4. The molecular weight excluding hydrogens is 431 g/mol. The number of hydrogen-bond acceptors (Lipinski definition) is 2. The van der Waals surface area contributed by atoms with E-state index in [2.05, 4.69) is 31.9 Å². The highest BCUT2D eigenvalue weighted by molar-refractivity contribution is 9.11. The Kier molecular flexibility index (Phi) is 5.75. The van der Waals surface area contributed by atoms with Crippen molar-refractivity contribution in [3.63, 3.8) is 0 Å². The fourth-order valence-corrected chi connectivity index (χ4v) is 3.57.